The van der Waals surface area contributed by atoms with Crippen molar-refractivity contribution in [3.8, 4) is 5.75 Å². The zero-order valence-electron chi connectivity index (χ0n) is 18.4. The number of nitrogens with two attached hydrogens (primary N) is 1. The van der Waals surface area contributed by atoms with Crippen LogP contribution in [0.4, 0.5) is 5.69 Å². The molecule has 8 heteroatoms. The van der Waals surface area contributed by atoms with Gasteiger partial charge in [-0.05, 0) is 19.1 Å². The number of hydrogen-bond donors (Lipinski definition) is 1. The van der Waals surface area contributed by atoms with E-state index in [9.17, 15) is 9.59 Å². The van der Waals surface area contributed by atoms with Crippen LogP contribution in [0.1, 0.15) is 52.5 Å². The van der Waals surface area contributed by atoms with Gasteiger partial charge in [0.2, 0.25) is 6.29 Å². The molecule has 2 N–H and O–H groups in total. The first-order valence-corrected chi connectivity index (χ1v) is 9.93. The molecule has 1 aromatic rings. The number of carbonyl (C=O) groups is 2. The second kappa shape index (κ2) is 12.7. The van der Waals surface area contributed by atoms with Gasteiger partial charge in [-0.25, -0.2) is 4.79 Å². The number of anilines is 1. The summed E-state index contributed by atoms with van der Waals surface area (Å²) in [5, 5.41) is 0. The predicted octanol–water partition coefficient (Wildman–Crippen LogP) is 3.72. The first-order chi connectivity index (χ1) is 14.2. The van der Waals surface area contributed by atoms with Gasteiger partial charge >= 0.3 is 11.9 Å². The molecule has 0 aliphatic carbocycles. The number of carbonyl (C=O) groups excluding carboxylic acids is 2. The first-order valence-electron chi connectivity index (χ1n) is 9.93. The summed E-state index contributed by atoms with van der Waals surface area (Å²) >= 11 is 0. The Morgan fingerprint density at radius 3 is 2.43 bits per heavy atom. The standard InChI is InChI=1S/C19H25NO7.C3H8/c1-11(2)24-10-13-5-6-14(7-16(13)20)26-18-9-15(25-12(3)21)8-17(27-18)19(22)23-4;1-3-2/h5-7,15,17-18H,1,8-10,20H2,2-4H3;3H2,1-2H3/t15-,17-,18+;/m0./s1. The number of hydrogen-bond acceptors (Lipinski definition) is 8. The van der Waals surface area contributed by atoms with Crippen molar-refractivity contribution in [1.29, 1.82) is 0 Å². The number of methoxy groups -OCH3 is 1. The maximum absolute atomic E-state index is 11.8. The lowest BCUT2D eigenvalue weighted by Crippen LogP contribution is -2.44. The van der Waals surface area contributed by atoms with Gasteiger partial charge < -0.3 is 29.4 Å². The van der Waals surface area contributed by atoms with Crippen LogP contribution in [0.2, 0.25) is 0 Å². The van der Waals surface area contributed by atoms with Crippen LogP contribution in [0.5, 0.6) is 5.75 Å². The van der Waals surface area contributed by atoms with E-state index in [1.54, 1.807) is 25.1 Å². The number of allylic oxidation sites excluding steroid dienone is 1. The Labute approximate surface area is 178 Å². The molecule has 1 fully saturated rings. The average Bonchev–Trinajstić information content (AvgIpc) is 2.66. The summed E-state index contributed by atoms with van der Waals surface area (Å²) in [6, 6.07) is 5.14. The van der Waals surface area contributed by atoms with Crippen molar-refractivity contribution in [2.24, 2.45) is 0 Å². The quantitative estimate of drug-likeness (QED) is 0.402. The molecule has 1 aliphatic heterocycles. The van der Waals surface area contributed by atoms with E-state index in [1.165, 1.54) is 20.5 Å². The monoisotopic (exact) mass is 423 g/mol. The average molecular weight is 424 g/mol. The fourth-order valence-corrected chi connectivity index (χ4v) is 2.66. The van der Waals surface area contributed by atoms with E-state index in [1.807, 2.05) is 0 Å². The molecular formula is C22H33NO7. The Kier molecular flexibility index (Phi) is 10.7. The van der Waals surface area contributed by atoms with Crippen LogP contribution in [0, 0.1) is 0 Å². The van der Waals surface area contributed by atoms with Gasteiger partial charge in [0.15, 0.2) is 6.10 Å². The molecule has 3 atom stereocenters. The number of esters is 2. The predicted molar refractivity (Wildman–Crippen MR) is 113 cm³/mol. The van der Waals surface area contributed by atoms with Gasteiger partial charge in [-0.3, -0.25) is 4.79 Å². The molecule has 1 heterocycles. The van der Waals surface area contributed by atoms with Crippen LogP contribution in [0.25, 0.3) is 0 Å². The molecule has 168 valence electrons. The third-order valence-electron chi connectivity index (χ3n) is 3.90. The summed E-state index contributed by atoms with van der Waals surface area (Å²) < 4.78 is 26.7. The van der Waals surface area contributed by atoms with Crippen LogP contribution >= 0.6 is 0 Å². The molecule has 0 bridgehead atoms. The Hall–Kier alpha value is -2.74. The van der Waals surface area contributed by atoms with E-state index >= 15 is 0 Å². The summed E-state index contributed by atoms with van der Waals surface area (Å²) in [6.45, 7) is 11.3. The molecular weight excluding hydrogens is 390 g/mol. The minimum Gasteiger partial charge on any atom is -0.494 e. The highest BCUT2D eigenvalue weighted by atomic mass is 16.7. The summed E-state index contributed by atoms with van der Waals surface area (Å²) in [7, 11) is 1.27. The van der Waals surface area contributed by atoms with Gasteiger partial charge in [-0.15, -0.1) is 0 Å². The highest BCUT2D eigenvalue weighted by Gasteiger charge is 2.37. The van der Waals surface area contributed by atoms with Crippen molar-refractivity contribution in [1.82, 2.24) is 0 Å². The number of benzene rings is 1. The van der Waals surface area contributed by atoms with E-state index in [4.69, 9.17) is 29.4 Å². The zero-order valence-corrected chi connectivity index (χ0v) is 18.4. The fraction of sp³-hybridized carbons (Fsp3) is 0.545. The Morgan fingerprint density at radius 2 is 1.90 bits per heavy atom. The van der Waals surface area contributed by atoms with Crippen molar-refractivity contribution < 1.29 is 33.3 Å². The van der Waals surface area contributed by atoms with Crippen LogP contribution in [0.3, 0.4) is 0 Å². The van der Waals surface area contributed by atoms with Crippen LogP contribution in [-0.4, -0.2) is 37.5 Å². The summed E-state index contributed by atoms with van der Waals surface area (Å²) in [4.78, 5) is 23.1. The van der Waals surface area contributed by atoms with Crippen LogP contribution in [-0.2, 0) is 35.1 Å². The van der Waals surface area contributed by atoms with E-state index < -0.39 is 30.4 Å². The second-order valence-corrected chi connectivity index (χ2v) is 6.96. The van der Waals surface area contributed by atoms with E-state index in [2.05, 4.69) is 20.4 Å². The lowest BCUT2D eigenvalue weighted by atomic mass is 10.0. The first kappa shape index (κ1) is 25.3. The third-order valence-corrected chi connectivity index (χ3v) is 3.90. The molecule has 0 spiro atoms. The van der Waals surface area contributed by atoms with E-state index in [0.29, 0.717) is 23.8 Å². The van der Waals surface area contributed by atoms with Gasteiger partial charge in [0.05, 0.1) is 12.9 Å². The van der Waals surface area contributed by atoms with Crippen molar-refractivity contribution in [2.75, 3.05) is 12.8 Å². The maximum Gasteiger partial charge on any atom is 0.335 e. The second-order valence-electron chi connectivity index (χ2n) is 6.96. The minimum atomic E-state index is -0.876. The number of ether oxygens (including phenoxy) is 5. The molecule has 2 rings (SSSR count). The van der Waals surface area contributed by atoms with Gasteiger partial charge in [-0.1, -0.05) is 26.8 Å². The van der Waals surface area contributed by atoms with Crippen molar-refractivity contribution in [3.63, 3.8) is 0 Å². The maximum atomic E-state index is 11.8. The molecule has 1 aliphatic rings. The SMILES string of the molecule is C=C(C)OCc1ccc(O[C@H]2C[C@@H](OC(C)=O)C[C@@H](C(=O)OC)O2)cc1N.CCC. The van der Waals surface area contributed by atoms with Gasteiger partial charge in [-0.2, -0.15) is 0 Å². The Bertz CT molecular complexity index is 719. The highest BCUT2D eigenvalue weighted by Crippen LogP contribution is 2.28. The van der Waals surface area contributed by atoms with E-state index in [-0.39, 0.29) is 12.8 Å². The Balaban J connectivity index is 0.00000141. The molecule has 1 saturated heterocycles. The third kappa shape index (κ3) is 8.73. The zero-order chi connectivity index (χ0) is 22.7. The molecule has 0 radical (unpaired) electrons. The van der Waals surface area contributed by atoms with Gasteiger partial charge in [0, 0.05) is 37.1 Å². The number of nitrogen functional groups attached to an aromatic ring is 1. The molecule has 0 saturated carbocycles. The largest absolute Gasteiger partial charge is 0.494 e. The van der Waals surface area contributed by atoms with Gasteiger partial charge in [0.25, 0.3) is 0 Å². The molecule has 0 amide bonds. The summed E-state index contributed by atoms with van der Waals surface area (Å²) in [5.41, 5.74) is 7.31. The Morgan fingerprint density at radius 1 is 1.23 bits per heavy atom. The smallest absolute Gasteiger partial charge is 0.335 e. The van der Waals surface area contributed by atoms with E-state index in [0.717, 1.165) is 5.56 Å². The number of rotatable bonds is 7. The van der Waals surface area contributed by atoms with Crippen LogP contribution < -0.4 is 10.5 Å². The summed E-state index contributed by atoms with van der Waals surface area (Å²) in [5.74, 6) is 0.0713. The van der Waals surface area contributed by atoms with Gasteiger partial charge in [0.1, 0.15) is 18.5 Å². The lowest BCUT2D eigenvalue weighted by Gasteiger charge is -2.33. The molecule has 0 unspecified atom stereocenters. The minimum absolute atomic E-state index is 0.214. The summed E-state index contributed by atoms with van der Waals surface area (Å²) in [6.07, 6.45) is -0.424. The molecule has 0 aromatic heterocycles. The molecule has 8 nitrogen and oxygen atoms in total. The molecule has 30 heavy (non-hydrogen) atoms. The van der Waals surface area contributed by atoms with Crippen molar-refractivity contribution in [2.45, 2.75) is 72.1 Å². The topological polar surface area (TPSA) is 106 Å². The fourth-order valence-electron chi connectivity index (χ4n) is 2.66. The van der Waals surface area contributed by atoms with Crippen molar-refractivity contribution in [3.05, 3.63) is 36.1 Å². The molecule has 1 aromatic carbocycles. The highest BCUT2D eigenvalue weighted by molar-refractivity contribution is 5.74. The van der Waals surface area contributed by atoms with Crippen LogP contribution in [0.15, 0.2) is 30.5 Å². The normalized spacial score (nSPS) is 20.2. The lowest BCUT2D eigenvalue weighted by molar-refractivity contribution is -0.204. The van der Waals surface area contributed by atoms with Crippen molar-refractivity contribution >= 4 is 17.6 Å².